The smallest absolute Gasteiger partial charge is 0.417 e. The predicted octanol–water partition coefficient (Wildman–Crippen LogP) is 2.54. The van der Waals surface area contributed by atoms with Crippen molar-refractivity contribution < 1.29 is 27.1 Å². The summed E-state index contributed by atoms with van der Waals surface area (Å²) in [5, 5.41) is 0. The Kier molecular flexibility index (Phi) is 6.01. The van der Waals surface area contributed by atoms with Crippen LogP contribution in [0.1, 0.15) is 5.56 Å². The van der Waals surface area contributed by atoms with Crippen molar-refractivity contribution in [1.82, 2.24) is 9.47 Å². The van der Waals surface area contributed by atoms with Gasteiger partial charge in [0.1, 0.15) is 24.7 Å². The largest absolute Gasteiger partial charge is 0.492 e. The number of rotatable bonds is 6. The van der Waals surface area contributed by atoms with Crippen molar-refractivity contribution in [2.45, 2.75) is 12.7 Å². The van der Waals surface area contributed by atoms with Crippen molar-refractivity contribution in [1.29, 1.82) is 0 Å². The van der Waals surface area contributed by atoms with Crippen LogP contribution >= 0.6 is 0 Å². The van der Waals surface area contributed by atoms with E-state index in [4.69, 9.17) is 4.74 Å². The number of nitrogens with zero attached hydrogens (tertiary/aromatic N) is 2. The topological polar surface area (TPSA) is 51.5 Å². The van der Waals surface area contributed by atoms with Crippen LogP contribution in [0.15, 0.2) is 47.4 Å². The Morgan fingerprint density at radius 2 is 1.81 bits per heavy atom. The van der Waals surface area contributed by atoms with Gasteiger partial charge in [0.15, 0.2) is 0 Å². The lowest BCUT2D eigenvalue weighted by atomic mass is 10.2. The molecule has 0 N–H and O–H groups in total. The molecule has 0 aliphatic rings. The van der Waals surface area contributed by atoms with Gasteiger partial charge in [0, 0.05) is 19.3 Å². The van der Waals surface area contributed by atoms with Crippen molar-refractivity contribution in [2.75, 3.05) is 20.2 Å². The van der Waals surface area contributed by atoms with E-state index in [1.165, 1.54) is 36.2 Å². The van der Waals surface area contributed by atoms with Gasteiger partial charge in [-0.25, -0.2) is 4.39 Å². The first-order valence-electron chi connectivity index (χ1n) is 7.57. The van der Waals surface area contributed by atoms with Gasteiger partial charge in [0.25, 0.3) is 5.56 Å². The molecule has 0 saturated heterocycles. The molecule has 1 heterocycles. The van der Waals surface area contributed by atoms with Gasteiger partial charge in [0.2, 0.25) is 5.91 Å². The average Bonchev–Trinajstić information content (AvgIpc) is 2.57. The first-order chi connectivity index (χ1) is 12.2. The number of pyridine rings is 1. The van der Waals surface area contributed by atoms with E-state index in [0.717, 1.165) is 6.07 Å². The predicted molar refractivity (Wildman–Crippen MR) is 85.2 cm³/mol. The number of likely N-dealkylation sites (N-methyl/N-ethyl adjacent to an activating group) is 1. The fourth-order valence-corrected chi connectivity index (χ4v) is 2.04. The molecule has 0 aliphatic heterocycles. The summed E-state index contributed by atoms with van der Waals surface area (Å²) in [6, 6.07) is 6.75. The van der Waals surface area contributed by atoms with Crippen LogP contribution < -0.4 is 10.3 Å². The van der Waals surface area contributed by atoms with Crippen LogP contribution in [-0.4, -0.2) is 35.6 Å². The third kappa shape index (κ3) is 5.33. The summed E-state index contributed by atoms with van der Waals surface area (Å²) in [5.41, 5.74) is -1.71. The summed E-state index contributed by atoms with van der Waals surface area (Å²) in [7, 11) is 1.44. The number of carbonyl (C=O) groups is 1. The Labute approximate surface area is 146 Å². The summed E-state index contributed by atoms with van der Waals surface area (Å²) in [4.78, 5) is 25.0. The Hall–Kier alpha value is -2.84. The molecule has 0 spiro atoms. The van der Waals surface area contributed by atoms with Gasteiger partial charge in [-0.15, -0.1) is 0 Å². The molecule has 1 amide bonds. The summed E-state index contributed by atoms with van der Waals surface area (Å²) >= 11 is 0. The molecule has 1 aromatic carbocycles. The zero-order valence-electron chi connectivity index (χ0n) is 13.8. The van der Waals surface area contributed by atoms with Gasteiger partial charge in [-0.05, 0) is 30.3 Å². The standard InChI is InChI=1S/C17H16F4N2O3/c1-22(8-9-26-14-5-3-13(18)4-6-14)16(25)11-23-10-12(17(19,20)21)2-7-15(23)24/h2-7,10H,8-9,11H2,1H3. The number of alkyl halides is 3. The maximum atomic E-state index is 12.8. The lowest BCUT2D eigenvalue weighted by Gasteiger charge is -2.18. The number of benzene rings is 1. The molecule has 0 fully saturated rings. The highest BCUT2D eigenvalue weighted by Crippen LogP contribution is 2.28. The van der Waals surface area contributed by atoms with Crippen LogP contribution in [0, 0.1) is 5.82 Å². The highest BCUT2D eigenvalue weighted by atomic mass is 19.4. The molecule has 2 aromatic rings. The van der Waals surface area contributed by atoms with Crippen molar-refractivity contribution >= 4 is 5.91 Å². The second kappa shape index (κ2) is 8.03. The summed E-state index contributed by atoms with van der Waals surface area (Å²) in [6.45, 7) is -0.273. The number of carbonyl (C=O) groups excluding carboxylic acids is 1. The van der Waals surface area contributed by atoms with E-state index in [2.05, 4.69) is 0 Å². The van der Waals surface area contributed by atoms with Crippen LogP contribution in [0.5, 0.6) is 5.75 Å². The van der Waals surface area contributed by atoms with Crippen LogP contribution in [0.4, 0.5) is 17.6 Å². The Morgan fingerprint density at radius 1 is 1.15 bits per heavy atom. The average molecular weight is 372 g/mol. The minimum Gasteiger partial charge on any atom is -0.492 e. The highest BCUT2D eigenvalue weighted by Gasteiger charge is 2.31. The maximum absolute atomic E-state index is 12.8. The quantitative estimate of drug-likeness (QED) is 0.733. The Morgan fingerprint density at radius 3 is 2.42 bits per heavy atom. The van der Waals surface area contributed by atoms with Gasteiger partial charge < -0.3 is 14.2 Å². The zero-order valence-corrected chi connectivity index (χ0v) is 13.8. The number of halogens is 4. The van der Waals surface area contributed by atoms with E-state index in [1.54, 1.807) is 0 Å². The van der Waals surface area contributed by atoms with E-state index in [-0.39, 0.29) is 13.2 Å². The normalized spacial score (nSPS) is 11.3. The monoisotopic (exact) mass is 372 g/mol. The molecule has 140 valence electrons. The summed E-state index contributed by atoms with van der Waals surface area (Å²) in [6.07, 6.45) is -3.99. The number of aromatic nitrogens is 1. The molecule has 0 aliphatic carbocycles. The third-order valence-corrected chi connectivity index (χ3v) is 3.55. The van der Waals surface area contributed by atoms with Gasteiger partial charge in [-0.1, -0.05) is 0 Å². The van der Waals surface area contributed by atoms with Gasteiger partial charge in [0.05, 0.1) is 12.1 Å². The number of hydrogen-bond donors (Lipinski definition) is 0. The molecule has 0 bridgehead atoms. The minimum absolute atomic E-state index is 0.103. The van der Waals surface area contributed by atoms with E-state index in [0.29, 0.717) is 22.6 Å². The molecule has 0 saturated carbocycles. The minimum atomic E-state index is -4.60. The molecule has 1 aromatic heterocycles. The Balaban J connectivity index is 1.92. The second-order valence-electron chi connectivity index (χ2n) is 5.50. The molecule has 0 radical (unpaired) electrons. The third-order valence-electron chi connectivity index (χ3n) is 3.55. The van der Waals surface area contributed by atoms with E-state index in [9.17, 15) is 27.2 Å². The van der Waals surface area contributed by atoms with E-state index < -0.39 is 35.6 Å². The summed E-state index contributed by atoms with van der Waals surface area (Å²) in [5.74, 6) is -0.536. The van der Waals surface area contributed by atoms with E-state index in [1.807, 2.05) is 0 Å². The lowest BCUT2D eigenvalue weighted by Crippen LogP contribution is -2.36. The molecular weight excluding hydrogens is 356 g/mol. The van der Waals surface area contributed by atoms with Crippen LogP contribution in [-0.2, 0) is 17.5 Å². The summed E-state index contributed by atoms with van der Waals surface area (Å²) < 4.78 is 56.9. The zero-order chi connectivity index (χ0) is 19.3. The van der Waals surface area contributed by atoms with Crippen LogP contribution in [0.3, 0.4) is 0 Å². The second-order valence-corrected chi connectivity index (χ2v) is 5.50. The molecule has 5 nitrogen and oxygen atoms in total. The van der Waals surface area contributed by atoms with Crippen LogP contribution in [0.2, 0.25) is 0 Å². The van der Waals surface area contributed by atoms with Crippen molar-refractivity contribution in [2.24, 2.45) is 0 Å². The van der Waals surface area contributed by atoms with Gasteiger partial charge in [-0.2, -0.15) is 13.2 Å². The molecular formula is C17H16F4N2O3. The molecule has 0 atom stereocenters. The van der Waals surface area contributed by atoms with Crippen LogP contribution in [0.25, 0.3) is 0 Å². The molecule has 9 heteroatoms. The molecule has 0 unspecified atom stereocenters. The first-order valence-corrected chi connectivity index (χ1v) is 7.57. The number of ether oxygens (including phenoxy) is 1. The number of hydrogen-bond acceptors (Lipinski definition) is 3. The number of amides is 1. The van der Waals surface area contributed by atoms with Crippen molar-refractivity contribution in [3.8, 4) is 5.75 Å². The van der Waals surface area contributed by atoms with Gasteiger partial charge in [-0.3, -0.25) is 9.59 Å². The van der Waals surface area contributed by atoms with E-state index >= 15 is 0 Å². The fraction of sp³-hybridized carbons (Fsp3) is 0.294. The molecule has 26 heavy (non-hydrogen) atoms. The lowest BCUT2D eigenvalue weighted by molar-refractivity contribution is -0.138. The Bertz CT molecular complexity index is 816. The van der Waals surface area contributed by atoms with Crippen molar-refractivity contribution in [3.05, 3.63) is 64.3 Å². The van der Waals surface area contributed by atoms with Crippen molar-refractivity contribution in [3.63, 3.8) is 0 Å². The first kappa shape index (κ1) is 19.5. The SMILES string of the molecule is CN(CCOc1ccc(F)cc1)C(=O)Cn1cc(C(F)(F)F)ccc1=O. The van der Waals surface area contributed by atoms with Gasteiger partial charge >= 0.3 is 6.18 Å². The molecule has 2 rings (SSSR count). The fourth-order valence-electron chi connectivity index (χ4n) is 2.04. The highest BCUT2D eigenvalue weighted by molar-refractivity contribution is 5.75. The maximum Gasteiger partial charge on any atom is 0.417 e.